The van der Waals surface area contributed by atoms with E-state index < -0.39 is 0 Å². The van der Waals surface area contributed by atoms with E-state index in [9.17, 15) is 0 Å². The molecule has 4 heteroatoms. The van der Waals surface area contributed by atoms with Crippen LogP contribution in [0.25, 0.3) is 0 Å². The number of nitrogens with two attached hydrogens (primary N) is 1. The molecule has 0 radical (unpaired) electrons. The van der Waals surface area contributed by atoms with Gasteiger partial charge in [-0.2, -0.15) is 0 Å². The molecule has 1 unspecified atom stereocenters. The molecule has 0 bridgehead atoms. The van der Waals surface area contributed by atoms with Gasteiger partial charge >= 0.3 is 0 Å². The molecule has 0 saturated carbocycles. The first kappa shape index (κ1) is 14.2. The summed E-state index contributed by atoms with van der Waals surface area (Å²) in [6.45, 7) is 4.24. The van der Waals surface area contributed by atoms with Crippen LogP contribution in [0.1, 0.15) is 28.4 Å². The summed E-state index contributed by atoms with van der Waals surface area (Å²) in [5.74, 6) is 5.68. The molecule has 1 aromatic heterocycles. The average Bonchev–Trinajstić information content (AvgIpc) is 2.41. The summed E-state index contributed by atoms with van der Waals surface area (Å²) >= 11 is 3.52. The van der Waals surface area contributed by atoms with Crippen LogP contribution in [0, 0.1) is 13.8 Å². The maximum absolute atomic E-state index is 5.68. The predicted molar refractivity (Wildman–Crippen MR) is 81.6 cm³/mol. The van der Waals surface area contributed by atoms with Crippen LogP contribution in [0.2, 0.25) is 0 Å². The van der Waals surface area contributed by atoms with Crippen LogP contribution in [-0.4, -0.2) is 4.98 Å². The van der Waals surface area contributed by atoms with Gasteiger partial charge in [-0.3, -0.25) is 16.3 Å². The van der Waals surface area contributed by atoms with Gasteiger partial charge in [-0.1, -0.05) is 18.2 Å². The van der Waals surface area contributed by atoms with Gasteiger partial charge in [0.05, 0.1) is 11.7 Å². The van der Waals surface area contributed by atoms with E-state index in [4.69, 9.17) is 5.84 Å². The molecule has 3 N–H and O–H groups in total. The molecule has 0 aliphatic rings. The van der Waals surface area contributed by atoms with Crippen LogP contribution < -0.4 is 11.3 Å². The van der Waals surface area contributed by atoms with E-state index in [2.05, 4.69) is 58.4 Å². The van der Waals surface area contributed by atoms with Crippen molar-refractivity contribution in [2.45, 2.75) is 26.3 Å². The first-order valence-electron chi connectivity index (χ1n) is 6.24. The number of hydrazine groups is 1. The fraction of sp³-hybridized carbons (Fsp3) is 0.267. The number of rotatable bonds is 4. The lowest BCUT2D eigenvalue weighted by molar-refractivity contribution is 0.536. The van der Waals surface area contributed by atoms with E-state index in [0.717, 1.165) is 16.6 Å². The monoisotopic (exact) mass is 319 g/mol. The smallest absolute Gasteiger partial charge is 0.0731 e. The Labute approximate surface area is 122 Å². The van der Waals surface area contributed by atoms with E-state index in [1.165, 1.54) is 16.7 Å². The number of nitrogens with one attached hydrogen (secondary N) is 1. The minimum atomic E-state index is -0.00215. The number of hydrogen-bond acceptors (Lipinski definition) is 3. The highest BCUT2D eigenvalue weighted by Gasteiger charge is 2.15. The summed E-state index contributed by atoms with van der Waals surface area (Å²) in [5, 5.41) is 0. The molecule has 0 spiro atoms. The number of pyridine rings is 1. The highest BCUT2D eigenvalue weighted by atomic mass is 79.9. The molecule has 0 fully saturated rings. The van der Waals surface area contributed by atoms with Crippen molar-refractivity contribution in [1.29, 1.82) is 0 Å². The van der Waals surface area contributed by atoms with Gasteiger partial charge in [-0.05, 0) is 65.0 Å². The molecule has 1 heterocycles. The maximum atomic E-state index is 5.68. The zero-order valence-electron chi connectivity index (χ0n) is 11.2. The van der Waals surface area contributed by atoms with Crippen molar-refractivity contribution in [3.8, 4) is 0 Å². The van der Waals surface area contributed by atoms with Crippen molar-refractivity contribution in [2.75, 3.05) is 0 Å². The van der Waals surface area contributed by atoms with Crippen molar-refractivity contribution < 1.29 is 0 Å². The number of aryl methyl sites for hydroxylation is 2. The Morgan fingerprint density at radius 3 is 2.68 bits per heavy atom. The van der Waals surface area contributed by atoms with E-state index in [1.54, 1.807) is 6.20 Å². The van der Waals surface area contributed by atoms with Crippen molar-refractivity contribution in [2.24, 2.45) is 5.84 Å². The Morgan fingerprint density at radius 2 is 2.05 bits per heavy atom. The number of nitrogens with zero attached hydrogens (tertiary/aromatic N) is 1. The third kappa shape index (κ3) is 3.41. The number of halogens is 1. The van der Waals surface area contributed by atoms with E-state index >= 15 is 0 Å². The van der Waals surface area contributed by atoms with Gasteiger partial charge in [0.25, 0.3) is 0 Å². The second kappa shape index (κ2) is 6.28. The summed E-state index contributed by atoms with van der Waals surface area (Å²) in [4.78, 5) is 4.40. The Kier molecular flexibility index (Phi) is 4.69. The summed E-state index contributed by atoms with van der Waals surface area (Å²) in [6.07, 6.45) is 2.60. The van der Waals surface area contributed by atoms with Gasteiger partial charge in [0.1, 0.15) is 0 Å². The molecule has 0 saturated heterocycles. The average molecular weight is 320 g/mol. The SMILES string of the molecule is Cc1ccc(CC(NN)c2ncccc2Br)cc1C. The van der Waals surface area contributed by atoms with Crippen molar-refractivity contribution in [1.82, 2.24) is 10.4 Å². The molecule has 100 valence electrons. The van der Waals surface area contributed by atoms with E-state index in [0.29, 0.717) is 0 Å². The third-order valence-electron chi connectivity index (χ3n) is 3.33. The van der Waals surface area contributed by atoms with Gasteiger partial charge in [0, 0.05) is 10.7 Å². The van der Waals surface area contributed by atoms with Crippen molar-refractivity contribution >= 4 is 15.9 Å². The van der Waals surface area contributed by atoms with E-state index in [1.807, 2.05) is 12.1 Å². The minimum Gasteiger partial charge on any atom is -0.271 e. The molecule has 0 aliphatic heterocycles. The van der Waals surface area contributed by atoms with Crippen LogP contribution >= 0.6 is 15.9 Å². The zero-order valence-corrected chi connectivity index (χ0v) is 12.7. The summed E-state index contributed by atoms with van der Waals surface area (Å²) in [7, 11) is 0. The standard InChI is InChI=1S/C15H18BrN3/c1-10-5-6-12(8-11(10)2)9-14(19-17)15-13(16)4-3-7-18-15/h3-8,14,19H,9,17H2,1-2H3. The summed E-state index contributed by atoms with van der Waals surface area (Å²) < 4.78 is 0.974. The highest BCUT2D eigenvalue weighted by molar-refractivity contribution is 9.10. The summed E-state index contributed by atoms with van der Waals surface area (Å²) in [5.41, 5.74) is 7.64. The molecule has 2 aromatic rings. The van der Waals surface area contributed by atoms with Gasteiger partial charge in [-0.15, -0.1) is 0 Å². The number of aromatic nitrogens is 1. The zero-order chi connectivity index (χ0) is 13.8. The Hall–Kier alpha value is -1.23. The lowest BCUT2D eigenvalue weighted by atomic mass is 9.99. The van der Waals surface area contributed by atoms with Gasteiger partial charge < -0.3 is 0 Å². The number of hydrogen-bond donors (Lipinski definition) is 2. The predicted octanol–water partition coefficient (Wildman–Crippen LogP) is 3.21. The summed E-state index contributed by atoms with van der Waals surface area (Å²) in [6, 6.07) is 10.4. The Bertz CT molecular complexity index is 569. The second-order valence-corrected chi connectivity index (χ2v) is 5.57. The highest BCUT2D eigenvalue weighted by Crippen LogP contribution is 2.24. The lowest BCUT2D eigenvalue weighted by Crippen LogP contribution is -2.30. The lowest BCUT2D eigenvalue weighted by Gasteiger charge is -2.17. The molecule has 3 nitrogen and oxygen atoms in total. The minimum absolute atomic E-state index is 0.00215. The van der Waals surface area contributed by atoms with Crippen LogP contribution in [0.3, 0.4) is 0 Å². The van der Waals surface area contributed by atoms with E-state index in [-0.39, 0.29) is 6.04 Å². The van der Waals surface area contributed by atoms with Crippen LogP contribution in [0.4, 0.5) is 0 Å². The first-order valence-corrected chi connectivity index (χ1v) is 7.03. The fourth-order valence-corrected chi connectivity index (χ4v) is 2.59. The maximum Gasteiger partial charge on any atom is 0.0731 e. The third-order valence-corrected chi connectivity index (χ3v) is 4.00. The normalized spacial score (nSPS) is 12.4. The topological polar surface area (TPSA) is 50.9 Å². The Morgan fingerprint density at radius 1 is 1.26 bits per heavy atom. The Balaban J connectivity index is 2.24. The van der Waals surface area contributed by atoms with Crippen LogP contribution in [0.5, 0.6) is 0 Å². The molecule has 0 aliphatic carbocycles. The largest absolute Gasteiger partial charge is 0.271 e. The van der Waals surface area contributed by atoms with Crippen molar-refractivity contribution in [3.63, 3.8) is 0 Å². The first-order chi connectivity index (χ1) is 9.11. The molecular weight excluding hydrogens is 302 g/mol. The van der Waals surface area contributed by atoms with Crippen LogP contribution in [0.15, 0.2) is 41.0 Å². The van der Waals surface area contributed by atoms with Crippen LogP contribution in [-0.2, 0) is 6.42 Å². The fourth-order valence-electron chi connectivity index (χ4n) is 2.06. The molecule has 19 heavy (non-hydrogen) atoms. The van der Waals surface area contributed by atoms with Crippen molar-refractivity contribution in [3.05, 3.63) is 63.4 Å². The molecule has 1 aromatic carbocycles. The molecule has 1 atom stereocenters. The van der Waals surface area contributed by atoms with Gasteiger partial charge in [0.2, 0.25) is 0 Å². The second-order valence-electron chi connectivity index (χ2n) is 4.71. The molecule has 0 amide bonds. The molecular formula is C15H18BrN3. The molecule has 2 rings (SSSR count). The number of benzene rings is 1. The van der Waals surface area contributed by atoms with Gasteiger partial charge in [0.15, 0.2) is 0 Å². The van der Waals surface area contributed by atoms with Gasteiger partial charge in [-0.25, -0.2) is 0 Å². The quantitative estimate of drug-likeness (QED) is 0.672.